The number of fused-ring (bicyclic) bond motifs is 1. The van der Waals surface area contributed by atoms with E-state index in [1.807, 2.05) is 24.3 Å². The van der Waals surface area contributed by atoms with Crippen molar-refractivity contribution in [1.29, 1.82) is 0 Å². The molecule has 1 heterocycles. The summed E-state index contributed by atoms with van der Waals surface area (Å²) in [4.78, 5) is 29.3. The van der Waals surface area contributed by atoms with Gasteiger partial charge in [-0.1, -0.05) is 12.1 Å². The molecule has 96 valence electrons. The number of benzene rings is 1. The van der Waals surface area contributed by atoms with Gasteiger partial charge in [0, 0.05) is 11.9 Å². The molecule has 5 nitrogen and oxygen atoms in total. The van der Waals surface area contributed by atoms with Crippen LogP contribution in [0.5, 0.6) is 0 Å². The molecule has 2 rings (SSSR count). The van der Waals surface area contributed by atoms with Gasteiger partial charge in [-0.25, -0.2) is 5.06 Å². The monoisotopic (exact) mass is 266 g/mol. The number of hydroxylamine groups is 2. The molecule has 1 aliphatic heterocycles. The fourth-order valence-corrected chi connectivity index (χ4v) is 2.72. The molecule has 1 atom stereocenters. The SMILES string of the molecule is CON(C)C(=O)CC1Sc2ccccc2NC1=O. The van der Waals surface area contributed by atoms with Crippen LogP contribution in [0.25, 0.3) is 0 Å². The van der Waals surface area contributed by atoms with Crippen LogP contribution in [-0.2, 0) is 14.4 Å². The van der Waals surface area contributed by atoms with E-state index in [1.54, 1.807) is 0 Å². The molecule has 0 bridgehead atoms. The van der Waals surface area contributed by atoms with Gasteiger partial charge in [0.15, 0.2) is 0 Å². The van der Waals surface area contributed by atoms with Crippen LogP contribution in [0.3, 0.4) is 0 Å². The van der Waals surface area contributed by atoms with E-state index in [4.69, 9.17) is 4.84 Å². The zero-order chi connectivity index (χ0) is 13.1. The van der Waals surface area contributed by atoms with Crippen molar-refractivity contribution in [2.24, 2.45) is 0 Å². The number of anilines is 1. The van der Waals surface area contributed by atoms with Gasteiger partial charge < -0.3 is 5.32 Å². The maximum Gasteiger partial charge on any atom is 0.247 e. The van der Waals surface area contributed by atoms with Gasteiger partial charge in [-0.3, -0.25) is 14.4 Å². The Hall–Kier alpha value is -1.53. The molecule has 1 aromatic rings. The van der Waals surface area contributed by atoms with Crippen LogP contribution in [-0.4, -0.2) is 36.3 Å². The quantitative estimate of drug-likeness (QED) is 0.842. The smallest absolute Gasteiger partial charge is 0.247 e. The summed E-state index contributed by atoms with van der Waals surface area (Å²) in [5.41, 5.74) is 0.802. The third kappa shape index (κ3) is 2.65. The van der Waals surface area contributed by atoms with Crippen LogP contribution in [0, 0.1) is 0 Å². The molecule has 2 amide bonds. The van der Waals surface area contributed by atoms with Gasteiger partial charge in [-0.2, -0.15) is 0 Å². The van der Waals surface area contributed by atoms with Crippen LogP contribution < -0.4 is 5.32 Å². The molecule has 0 aromatic heterocycles. The van der Waals surface area contributed by atoms with Crippen LogP contribution in [0.1, 0.15) is 6.42 Å². The van der Waals surface area contributed by atoms with Crippen molar-refractivity contribution in [3.8, 4) is 0 Å². The number of hydrogen-bond acceptors (Lipinski definition) is 4. The lowest BCUT2D eigenvalue weighted by Gasteiger charge is -2.24. The van der Waals surface area contributed by atoms with E-state index >= 15 is 0 Å². The van der Waals surface area contributed by atoms with Gasteiger partial charge >= 0.3 is 0 Å². The highest BCUT2D eigenvalue weighted by Crippen LogP contribution is 2.36. The summed E-state index contributed by atoms with van der Waals surface area (Å²) < 4.78 is 0. The number of thioether (sulfide) groups is 1. The average molecular weight is 266 g/mol. The van der Waals surface area contributed by atoms with Gasteiger partial charge in [0.05, 0.1) is 24.5 Å². The Morgan fingerprint density at radius 3 is 2.94 bits per heavy atom. The molecule has 1 unspecified atom stereocenters. The second-order valence-electron chi connectivity index (χ2n) is 3.87. The first kappa shape index (κ1) is 12.9. The highest BCUT2D eigenvalue weighted by molar-refractivity contribution is 8.01. The summed E-state index contributed by atoms with van der Waals surface area (Å²) in [5.74, 6) is -0.360. The molecule has 0 spiro atoms. The minimum Gasteiger partial charge on any atom is -0.324 e. The Morgan fingerprint density at radius 2 is 2.22 bits per heavy atom. The number of nitrogens with one attached hydrogen (secondary N) is 1. The van der Waals surface area contributed by atoms with E-state index in [0.29, 0.717) is 0 Å². The normalized spacial score (nSPS) is 17.9. The first-order valence-corrected chi connectivity index (χ1v) is 6.37. The minimum absolute atomic E-state index is 0.120. The molecular weight excluding hydrogens is 252 g/mol. The summed E-state index contributed by atoms with van der Waals surface area (Å²) in [7, 11) is 2.95. The Labute approximate surface area is 109 Å². The number of nitrogens with zero attached hydrogens (tertiary/aromatic N) is 1. The molecule has 1 aliphatic rings. The second-order valence-corrected chi connectivity index (χ2v) is 5.11. The first-order valence-electron chi connectivity index (χ1n) is 5.49. The molecule has 1 aromatic carbocycles. The number of carbonyl (C=O) groups is 2. The molecule has 6 heteroatoms. The number of para-hydroxylation sites is 1. The van der Waals surface area contributed by atoms with Crippen LogP contribution >= 0.6 is 11.8 Å². The summed E-state index contributed by atoms with van der Waals surface area (Å²) in [6.45, 7) is 0. The van der Waals surface area contributed by atoms with Crippen molar-refractivity contribution >= 4 is 29.3 Å². The largest absolute Gasteiger partial charge is 0.324 e. The minimum atomic E-state index is -0.412. The number of amides is 2. The molecule has 1 N–H and O–H groups in total. The van der Waals surface area contributed by atoms with Gasteiger partial charge in [-0.05, 0) is 12.1 Å². The van der Waals surface area contributed by atoms with E-state index in [1.165, 1.54) is 25.9 Å². The van der Waals surface area contributed by atoms with E-state index in [9.17, 15) is 9.59 Å². The average Bonchev–Trinajstić information content (AvgIpc) is 2.38. The van der Waals surface area contributed by atoms with Crippen LogP contribution in [0.2, 0.25) is 0 Å². The predicted molar refractivity (Wildman–Crippen MR) is 69.1 cm³/mol. The van der Waals surface area contributed by atoms with Crippen molar-refractivity contribution in [2.45, 2.75) is 16.6 Å². The lowest BCUT2D eigenvalue weighted by atomic mass is 10.2. The van der Waals surface area contributed by atoms with Crippen molar-refractivity contribution in [2.75, 3.05) is 19.5 Å². The Morgan fingerprint density at radius 1 is 1.50 bits per heavy atom. The molecule has 0 radical (unpaired) electrons. The second kappa shape index (κ2) is 5.41. The van der Waals surface area contributed by atoms with E-state index < -0.39 is 5.25 Å². The van der Waals surface area contributed by atoms with Gasteiger partial charge in [0.1, 0.15) is 0 Å². The highest BCUT2D eigenvalue weighted by atomic mass is 32.2. The van der Waals surface area contributed by atoms with Crippen LogP contribution in [0.4, 0.5) is 5.69 Å². The highest BCUT2D eigenvalue weighted by Gasteiger charge is 2.29. The third-order valence-corrected chi connectivity index (χ3v) is 3.97. The third-order valence-electron chi connectivity index (χ3n) is 2.69. The van der Waals surface area contributed by atoms with Crippen molar-refractivity contribution in [3.05, 3.63) is 24.3 Å². The van der Waals surface area contributed by atoms with E-state index in [-0.39, 0.29) is 18.2 Å². The molecule has 18 heavy (non-hydrogen) atoms. The van der Waals surface area contributed by atoms with Crippen molar-refractivity contribution in [3.63, 3.8) is 0 Å². The topological polar surface area (TPSA) is 58.6 Å². The van der Waals surface area contributed by atoms with Gasteiger partial charge in [-0.15, -0.1) is 11.8 Å². The summed E-state index contributed by atoms with van der Waals surface area (Å²) in [5, 5.41) is 3.52. The lowest BCUT2D eigenvalue weighted by Crippen LogP contribution is -2.35. The summed E-state index contributed by atoms with van der Waals surface area (Å²) in [6, 6.07) is 7.55. The Bertz CT molecular complexity index is 478. The van der Waals surface area contributed by atoms with Crippen molar-refractivity contribution in [1.82, 2.24) is 5.06 Å². The number of rotatable bonds is 3. The zero-order valence-corrected chi connectivity index (χ0v) is 11.0. The Balaban J connectivity index is 2.08. The molecule has 0 aliphatic carbocycles. The lowest BCUT2D eigenvalue weighted by molar-refractivity contribution is -0.168. The fraction of sp³-hybridized carbons (Fsp3) is 0.333. The summed E-state index contributed by atoms with van der Waals surface area (Å²) >= 11 is 1.41. The number of carbonyl (C=O) groups excluding carboxylic acids is 2. The van der Waals surface area contributed by atoms with Crippen molar-refractivity contribution < 1.29 is 14.4 Å². The molecule has 0 fully saturated rings. The first-order chi connectivity index (χ1) is 8.61. The zero-order valence-electron chi connectivity index (χ0n) is 10.2. The number of hydrogen-bond donors (Lipinski definition) is 1. The van der Waals surface area contributed by atoms with E-state index in [2.05, 4.69) is 5.32 Å². The standard InChI is InChI=1S/C12H14N2O3S/c1-14(17-2)11(15)7-10-12(16)13-8-5-3-4-6-9(8)18-10/h3-6,10H,7H2,1-2H3,(H,13,16). The van der Waals surface area contributed by atoms with Gasteiger partial charge in [0.25, 0.3) is 0 Å². The molecule has 0 saturated heterocycles. The van der Waals surface area contributed by atoms with E-state index in [0.717, 1.165) is 15.6 Å². The van der Waals surface area contributed by atoms with Crippen LogP contribution in [0.15, 0.2) is 29.2 Å². The summed E-state index contributed by atoms with van der Waals surface area (Å²) in [6.07, 6.45) is 0.120. The Kier molecular flexibility index (Phi) is 3.88. The maximum atomic E-state index is 11.9. The maximum absolute atomic E-state index is 11.9. The van der Waals surface area contributed by atoms with Gasteiger partial charge in [0.2, 0.25) is 11.8 Å². The molecule has 0 saturated carbocycles. The molecular formula is C12H14N2O3S. The predicted octanol–water partition coefficient (Wildman–Crippen LogP) is 1.51. The fourth-order valence-electron chi connectivity index (χ4n) is 1.62.